The number of carboxylic acid groups (broad SMARTS) is 1. The summed E-state index contributed by atoms with van der Waals surface area (Å²) in [6.45, 7) is 2.77. The predicted molar refractivity (Wildman–Crippen MR) is 64.9 cm³/mol. The van der Waals surface area contributed by atoms with E-state index in [4.69, 9.17) is 9.84 Å². The maximum Gasteiger partial charge on any atom is 0.306 e. The molecule has 4 heteroatoms. The molecule has 0 aromatic carbocycles. The van der Waals surface area contributed by atoms with Crippen LogP contribution in [-0.2, 0) is 9.53 Å². The smallest absolute Gasteiger partial charge is 0.306 e. The molecule has 1 unspecified atom stereocenters. The number of hydrogen-bond donors (Lipinski definition) is 2. The van der Waals surface area contributed by atoms with Gasteiger partial charge in [-0.1, -0.05) is 0 Å². The second-order valence-corrected chi connectivity index (χ2v) is 5.38. The fourth-order valence-electron chi connectivity index (χ4n) is 2.85. The summed E-state index contributed by atoms with van der Waals surface area (Å²) in [7, 11) is 0. The summed E-state index contributed by atoms with van der Waals surface area (Å²) < 4.78 is 5.43. The standard InChI is InChI=1S/C13H23NO3/c15-13(16)11-5-3-10(4-6-11)8-14-12-2-1-7-17-9-12/h10-12,14H,1-9H2,(H,15,16). The minimum absolute atomic E-state index is 0.0933. The summed E-state index contributed by atoms with van der Waals surface area (Å²) in [5.41, 5.74) is 0. The summed E-state index contributed by atoms with van der Waals surface area (Å²) >= 11 is 0. The van der Waals surface area contributed by atoms with Crippen LogP contribution < -0.4 is 5.32 Å². The zero-order valence-corrected chi connectivity index (χ0v) is 10.4. The number of carbonyl (C=O) groups is 1. The lowest BCUT2D eigenvalue weighted by Crippen LogP contribution is -2.40. The maximum atomic E-state index is 10.8. The van der Waals surface area contributed by atoms with E-state index in [9.17, 15) is 4.79 Å². The van der Waals surface area contributed by atoms with Crippen molar-refractivity contribution >= 4 is 5.97 Å². The van der Waals surface area contributed by atoms with Gasteiger partial charge < -0.3 is 15.2 Å². The fraction of sp³-hybridized carbons (Fsp3) is 0.923. The molecule has 4 nitrogen and oxygen atoms in total. The van der Waals surface area contributed by atoms with Gasteiger partial charge in [-0.3, -0.25) is 4.79 Å². The third-order valence-electron chi connectivity index (χ3n) is 4.05. The number of aliphatic carboxylic acids is 1. The van der Waals surface area contributed by atoms with E-state index in [2.05, 4.69) is 5.32 Å². The molecule has 0 spiro atoms. The Morgan fingerprint density at radius 1 is 1.24 bits per heavy atom. The first-order valence-corrected chi connectivity index (χ1v) is 6.79. The van der Waals surface area contributed by atoms with E-state index in [0.29, 0.717) is 12.0 Å². The molecule has 2 aliphatic rings. The van der Waals surface area contributed by atoms with Crippen molar-refractivity contribution in [1.82, 2.24) is 5.32 Å². The highest BCUT2D eigenvalue weighted by Crippen LogP contribution is 2.28. The van der Waals surface area contributed by atoms with Gasteiger partial charge in [-0.05, 0) is 51.0 Å². The fourth-order valence-corrected chi connectivity index (χ4v) is 2.85. The average Bonchev–Trinajstić information content (AvgIpc) is 2.38. The number of hydrogen-bond acceptors (Lipinski definition) is 3. The van der Waals surface area contributed by atoms with Gasteiger partial charge in [0.2, 0.25) is 0 Å². The van der Waals surface area contributed by atoms with E-state index in [-0.39, 0.29) is 5.92 Å². The maximum absolute atomic E-state index is 10.8. The Hall–Kier alpha value is -0.610. The SMILES string of the molecule is O=C(O)C1CCC(CNC2CCCOC2)CC1. The number of rotatable bonds is 4. The van der Waals surface area contributed by atoms with Gasteiger partial charge in [0.1, 0.15) is 0 Å². The molecule has 0 bridgehead atoms. The van der Waals surface area contributed by atoms with Crippen LogP contribution in [0.3, 0.4) is 0 Å². The molecule has 0 aromatic heterocycles. The van der Waals surface area contributed by atoms with Crippen LogP contribution in [0.1, 0.15) is 38.5 Å². The second-order valence-electron chi connectivity index (χ2n) is 5.38. The second kappa shape index (κ2) is 6.36. The largest absolute Gasteiger partial charge is 0.481 e. The zero-order valence-electron chi connectivity index (χ0n) is 10.4. The van der Waals surface area contributed by atoms with Crippen molar-refractivity contribution in [2.45, 2.75) is 44.6 Å². The van der Waals surface area contributed by atoms with Gasteiger partial charge >= 0.3 is 5.97 Å². The molecule has 0 radical (unpaired) electrons. The highest BCUT2D eigenvalue weighted by molar-refractivity contribution is 5.69. The lowest BCUT2D eigenvalue weighted by molar-refractivity contribution is -0.143. The molecule has 17 heavy (non-hydrogen) atoms. The predicted octanol–water partition coefficient (Wildman–Crippen LogP) is 1.65. The van der Waals surface area contributed by atoms with Crippen LogP contribution >= 0.6 is 0 Å². The van der Waals surface area contributed by atoms with Gasteiger partial charge in [-0.15, -0.1) is 0 Å². The van der Waals surface area contributed by atoms with Crippen molar-refractivity contribution in [3.63, 3.8) is 0 Å². The summed E-state index contributed by atoms with van der Waals surface area (Å²) in [4.78, 5) is 10.8. The molecule has 1 heterocycles. The Kier molecular flexibility index (Phi) is 4.80. The Labute approximate surface area is 103 Å². The summed E-state index contributed by atoms with van der Waals surface area (Å²) in [5, 5.41) is 12.5. The van der Waals surface area contributed by atoms with Gasteiger partial charge in [-0.2, -0.15) is 0 Å². The van der Waals surface area contributed by atoms with Crippen molar-refractivity contribution in [2.24, 2.45) is 11.8 Å². The topological polar surface area (TPSA) is 58.6 Å². The zero-order chi connectivity index (χ0) is 12.1. The lowest BCUT2D eigenvalue weighted by atomic mass is 9.82. The van der Waals surface area contributed by atoms with Crippen LogP contribution in [0, 0.1) is 11.8 Å². The molecule has 2 rings (SSSR count). The van der Waals surface area contributed by atoms with Gasteiger partial charge in [-0.25, -0.2) is 0 Å². The molecular formula is C13H23NO3. The minimum atomic E-state index is -0.614. The highest BCUT2D eigenvalue weighted by Gasteiger charge is 2.26. The average molecular weight is 241 g/mol. The number of nitrogens with one attached hydrogen (secondary N) is 1. The Balaban J connectivity index is 1.62. The van der Waals surface area contributed by atoms with Crippen molar-refractivity contribution < 1.29 is 14.6 Å². The number of carboxylic acids is 1. The van der Waals surface area contributed by atoms with Crippen LogP contribution in [-0.4, -0.2) is 36.9 Å². The van der Waals surface area contributed by atoms with Crippen molar-refractivity contribution in [1.29, 1.82) is 0 Å². The van der Waals surface area contributed by atoms with Crippen LogP contribution in [0.15, 0.2) is 0 Å². The molecule has 0 aromatic rings. The van der Waals surface area contributed by atoms with Crippen molar-refractivity contribution in [3.8, 4) is 0 Å². The van der Waals surface area contributed by atoms with Gasteiger partial charge in [0, 0.05) is 12.6 Å². The molecule has 1 atom stereocenters. The third-order valence-corrected chi connectivity index (χ3v) is 4.05. The summed E-state index contributed by atoms with van der Waals surface area (Å²) in [6.07, 6.45) is 6.18. The van der Waals surface area contributed by atoms with Crippen LogP contribution in [0.4, 0.5) is 0 Å². The van der Waals surface area contributed by atoms with Crippen LogP contribution in [0.25, 0.3) is 0 Å². The Morgan fingerprint density at radius 2 is 2.00 bits per heavy atom. The molecule has 2 fully saturated rings. The molecule has 98 valence electrons. The molecule has 1 aliphatic carbocycles. The number of ether oxygens (including phenoxy) is 1. The van der Waals surface area contributed by atoms with E-state index in [1.807, 2.05) is 0 Å². The Bertz CT molecular complexity index is 243. The van der Waals surface area contributed by atoms with E-state index in [1.165, 1.54) is 6.42 Å². The van der Waals surface area contributed by atoms with E-state index in [0.717, 1.165) is 51.9 Å². The highest BCUT2D eigenvalue weighted by atomic mass is 16.5. The normalized spacial score (nSPS) is 34.5. The lowest BCUT2D eigenvalue weighted by Gasteiger charge is -2.29. The molecule has 1 aliphatic heterocycles. The van der Waals surface area contributed by atoms with E-state index in [1.54, 1.807) is 0 Å². The monoisotopic (exact) mass is 241 g/mol. The van der Waals surface area contributed by atoms with Crippen molar-refractivity contribution in [3.05, 3.63) is 0 Å². The van der Waals surface area contributed by atoms with Crippen molar-refractivity contribution in [2.75, 3.05) is 19.8 Å². The molecule has 1 saturated heterocycles. The van der Waals surface area contributed by atoms with Crippen LogP contribution in [0.2, 0.25) is 0 Å². The molecular weight excluding hydrogens is 218 g/mol. The molecule has 2 N–H and O–H groups in total. The van der Waals surface area contributed by atoms with Gasteiger partial charge in [0.15, 0.2) is 0 Å². The minimum Gasteiger partial charge on any atom is -0.481 e. The van der Waals surface area contributed by atoms with Gasteiger partial charge in [0.25, 0.3) is 0 Å². The van der Waals surface area contributed by atoms with Gasteiger partial charge in [0.05, 0.1) is 12.5 Å². The quantitative estimate of drug-likeness (QED) is 0.785. The molecule has 0 amide bonds. The van der Waals surface area contributed by atoms with E-state index >= 15 is 0 Å². The Morgan fingerprint density at radius 3 is 2.59 bits per heavy atom. The first kappa shape index (κ1) is 12.8. The first-order valence-electron chi connectivity index (χ1n) is 6.79. The summed E-state index contributed by atoms with van der Waals surface area (Å²) in [5.74, 6) is -0.0473. The summed E-state index contributed by atoms with van der Waals surface area (Å²) in [6, 6.07) is 0.515. The first-order chi connectivity index (χ1) is 8.25. The van der Waals surface area contributed by atoms with E-state index < -0.39 is 5.97 Å². The third kappa shape index (κ3) is 3.96. The van der Waals surface area contributed by atoms with Crippen LogP contribution in [0.5, 0.6) is 0 Å². The molecule has 1 saturated carbocycles.